The molecule has 1 saturated carbocycles. The van der Waals surface area contributed by atoms with Gasteiger partial charge in [0.1, 0.15) is 5.82 Å². The number of hydrogen-bond acceptors (Lipinski definition) is 4. The number of rotatable bonds is 8. The first-order valence-electron chi connectivity index (χ1n) is 9.33. The molecule has 5 nitrogen and oxygen atoms in total. The van der Waals surface area contributed by atoms with Gasteiger partial charge < -0.3 is 19.9 Å². The topological polar surface area (TPSA) is 67.8 Å². The van der Waals surface area contributed by atoms with Crippen LogP contribution in [0.3, 0.4) is 0 Å². The smallest absolute Gasteiger partial charge is 0.286 e. The molecule has 0 spiro atoms. The molecule has 26 heavy (non-hydrogen) atoms. The third kappa shape index (κ3) is 5.05. The third-order valence-electron chi connectivity index (χ3n) is 4.88. The summed E-state index contributed by atoms with van der Waals surface area (Å²) in [7, 11) is 0. The van der Waals surface area contributed by atoms with Gasteiger partial charge in [-0.3, -0.25) is 4.79 Å². The van der Waals surface area contributed by atoms with E-state index in [2.05, 4.69) is 5.32 Å². The van der Waals surface area contributed by atoms with Crippen molar-refractivity contribution in [1.82, 2.24) is 5.32 Å². The fourth-order valence-electron chi connectivity index (χ4n) is 3.10. The first kappa shape index (κ1) is 18.9. The fraction of sp³-hybridized carbons (Fsp3) is 0.550. The van der Waals surface area contributed by atoms with Gasteiger partial charge in [0.15, 0.2) is 5.76 Å². The van der Waals surface area contributed by atoms with Crippen LogP contribution in [0.25, 0.3) is 0 Å². The zero-order valence-electron chi connectivity index (χ0n) is 14.8. The van der Waals surface area contributed by atoms with Crippen LogP contribution in [0.4, 0.5) is 4.39 Å². The Bertz CT molecular complexity index is 627. The molecular formula is C20H26FNO4. The molecule has 1 fully saturated rings. The Kier molecular flexibility index (Phi) is 6.63. The summed E-state index contributed by atoms with van der Waals surface area (Å²) < 4.78 is 24.7. The van der Waals surface area contributed by atoms with Gasteiger partial charge in [-0.2, -0.15) is 0 Å². The summed E-state index contributed by atoms with van der Waals surface area (Å²) in [6.07, 6.45) is 6.36. The predicted molar refractivity (Wildman–Crippen MR) is 94.8 cm³/mol. The average molecular weight is 363 g/mol. The van der Waals surface area contributed by atoms with Crippen LogP contribution in [-0.4, -0.2) is 36.6 Å². The van der Waals surface area contributed by atoms with Crippen molar-refractivity contribution in [2.75, 3.05) is 13.2 Å². The monoisotopic (exact) mass is 363 g/mol. The van der Waals surface area contributed by atoms with Crippen molar-refractivity contribution in [2.24, 2.45) is 0 Å². The predicted octanol–water partition coefficient (Wildman–Crippen LogP) is 3.00. The van der Waals surface area contributed by atoms with Crippen LogP contribution in [0, 0.1) is 5.82 Å². The number of aliphatic hydroxyl groups is 1. The van der Waals surface area contributed by atoms with Gasteiger partial charge in [-0.15, -0.1) is 0 Å². The maximum absolute atomic E-state index is 13.2. The van der Waals surface area contributed by atoms with Crippen LogP contribution in [-0.2, 0) is 14.3 Å². The molecule has 1 heterocycles. The molecule has 0 radical (unpaired) electrons. The second kappa shape index (κ2) is 9.14. The van der Waals surface area contributed by atoms with E-state index < -0.39 is 6.29 Å². The van der Waals surface area contributed by atoms with Crippen LogP contribution in [0.1, 0.15) is 50.0 Å². The number of halogens is 1. The summed E-state index contributed by atoms with van der Waals surface area (Å²) in [6.45, 7) is 0.584. The van der Waals surface area contributed by atoms with Crippen LogP contribution in [0.5, 0.6) is 0 Å². The number of amides is 1. The number of aliphatic hydroxyl groups excluding tert-OH is 1. The number of carbonyl (C=O) groups is 1. The second-order valence-electron chi connectivity index (χ2n) is 6.87. The zero-order valence-corrected chi connectivity index (χ0v) is 14.8. The van der Waals surface area contributed by atoms with Crippen molar-refractivity contribution < 1.29 is 23.8 Å². The molecule has 1 aliphatic heterocycles. The first-order chi connectivity index (χ1) is 12.7. The van der Waals surface area contributed by atoms with Gasteiger partial charge in [0.25, 0.3) is 5.91 Å². The van der Waals surface area contributed by atoms with Gasteiger partial charge in [-0.1, -0.05) is 12.1 Å². The van der Waals surface area contributed by atoms with Gasteiger partial charge in [-0.05, 0) is 55.9 Å². The highest BCUT2D eigenvalue weighted by atomic mass is 19.1. The molecule has 2 atom stereocenters. The van der Waals surface area contributed by atoms with E-state index in [4.69, 9.17) is 14.6 Å². The molecule has 6 heteroatoms. The largest absolute Gasteiger partial charge is 0.459 e. The van der Waals surface area contributed by atoms with Crippen molar-refractivity contribution >= 4 is 5.91 Å². The van der Waals surface area contributed by atoms with Crippen LogP contribution in [0.15, 0.2) is 36.1 Å². The number of nitrogens with one attached hydrogen (secondary N) is 1. The fourth-order valence-corrected chi connectivity index (χ4v) is 3.10. The molecule has 142 valence electrons. The number of hydrogen-bond donors (Lipinski definition) is 2. The summed E-state index contributed by atoms with van der Waals surface area (Å²) in [5.74, 6) is -0.311. The van der Waals surface area contributed by atoms with Crippen LogP contribution in [0.2, 0.25) is 0 Å². The van der Waals surface area contributed by atoms with Crippen molar-refractivity contribution in [3.8, 4) is 0 Å². The minimum absolute atomic E-state index is 0.0747. The average Bonchev–Trinajstić information content (AvgIpc) is 2.62. The Hall–Kier alpha value is -1.92. The number of ether oxygens (including phenoxy) is 2. The Labute approximate surface area is 153 Å². The van der Waals surface area contributed by atoms with Gasteiger partial charge in [0, 0.05) is 25.0 Å². The summed E-state index contributed by atoms with van der Waals surface area (Å²) >= 11 is 0. The lowest BCUT2D eigenvalue weighted by atomic mass is 9.91. The highest BCUT2D eigenvalue weighted by molar-refractivity contribution is 5.92. The molecule has 0 bridgehead atoms. The summed E-state index contributed by atoms with van der Waals surface area (Å²) in [5.41, 5.74) is 0.924. The highest BCUT2D eigenvalue weighted by Crippen LogP contribution is 2.32. The zero-order chi connectivity index (χ0) is 18.4. The molecule has 1 aliphatic carbocycles. The van der Waals surface area contributed by atoms with E-state index in [9.17, 15) is 9.18 Å². The lowest BCUT2D eigenvalue weighted by Gasteiger charge is -2.31. The van der Waals surface area contributed by atoms with E-state index in [0.29, 0.717) is 19.4 Å². The quantitative estimate of drug-likeness (QED) is 0.697. The van der Waals surface area contributed by atoms with Crippen molar-refractivity contribution in [2.45, 2.75) is 56.8 Å². The van der Waals surface area contributed by atoms with Crippen LogP contribution < -0.4 is 5.32 Å². The summed E-state index contributed by atoms with van der Waals surface area (Å²) in [5, 5.41) is 11.8. The number of allylic oxidation sites excluding steroid dienone is 1. The second-order valence-corrected chi connectivity index (χ2v) is 6.87. The maximum Gasteiger partial charge on any atom is 0.286 e. The van der Waals surface area contributed by atoms with Gasteiger partial charge in [-0.25, -0.2) is 4.39 Å². The molecule has 1 amide bonds. The molecule has 1 aromatic carbocycles. The van der Waals surface area contributed by atoms with Crippen molar-refractivity contribution in [1.29, 1.82) is 0 Å². The highest BCUT2D eigenvalue weighted by Gasteiger charge is 2.30. The summed E-state index contributed by atoms with van der Waals surface area (Å²) in [6, 6.07) is 6.52. The summed E-state index contributed by atoms with van der Waals surface area (Å²) in [4.78, 5) is 12.5. The SMILES string of the molecule is O=C(NC1CCC1)C1=C[C@H](c2ccc(F)cc2)C[C@H](OCCCCO)O1. The standard InChI is InChI=1S/C20H26FNO4/c21-16-8-6-14(7-9-16)15-12-18(20(24)22-17-4-3-5-17)26-19(13-15)25-11-2-1-10-23/h6-9,12,15,17,19,23H,1-5,10-11,13H2,(H,22,24)/t15-,19+/m0/s1. The third-order valence-corrected chi connectivity index (χ3v) is 4.88. The van der Waals surface area contributed by atoms with E-state index in [1.807, 2.05) is 0 Å². The minimum atomic E-state index is -0.532. The molecule has 2 aliphatic rings. The molecule has 0 aromatic heterocycles. The van der Waals surface area contributed by atoms with Crippen molar-refractivity contribution in [3.05, 3.63) is 47.5 Å². The van der Waals surface area contributed by atoms with E-state index in [1.165, 1.54) is 12.1 Å². The first-order valence-corrected chi connectivity index (χ1v) is 9.33. The molecule has 0 saturated heterocycles. The Morgan fingerprint density at radius 2 is 2.04 bits per heavy atom. The molecule has 0 unspecified atom stereocenters. The lowest BCUT2D eigenvalue weighted by molar-refractivity contribution is -0.147. The molecule has 2 N–H and O–H groups in total. The van der Waals surface area contributed by atoms with Crippen LogP contribution >= 0.6 is 0 Å². The van der Waals surface area contributed by atoms with E-state index in [1.54, 1.807) is 18.2 Å². The number of unbranched alkanes of at least 4 members (excludes halogenated alkanes) is 1. The molecule has 1 aromatic rings. The lowest BCUT2D eigenvalue weighted by Crippen LogP contribution is -2.42. The Morgan fingerprint density at radius 3 is 2.69 bits per heavy atom. The van der Waals surface area contributed by atoms with E-state index in [-0.39, 0.29) is 36.1 Å². The molecular weight excluding hydrogens is 337 g/mol. The number of benzene rings is 1. The minimum Gasteiger partial charge on any atom is -0.459 e. The maximum atomic E-state index is 13.2. The van der Waals surface area contributed by atoms with E-state index in [0.717, 1.165) is 31.2 Å². The molecule has 3 rings (SSSR count). The van der Waals surface area contributed by atoms with Gasteiger partial charge in [0.05, 0.1) is 6.61 Å². The van der Waals surface area contributed by atoms with Gasteiger partial charge in [0.2, 0.25) is 6.29 Å². The normalized spacial score (nSPS) is 22.9. The van der Waals surface area contributed by atoms with Crippen molar-refractivity contribution in [3.63, 3.8) is 0 Å². The number of carbonyl (C=O) groups excluding carboxylic acids is 1. The van der Waals surface area contributed by atoms with Gasteiger partial charge >= 0.3 is 0 Å². The Balaban J connectivity index is 1.69. The Morgan fingerprint density at radius 1 is 1.27 bits per heavy atom. The van der Waals surface area contributed by atoms with E-state index >= 15 is 0 Å².